The topological polar surface area (TPSA) is 30.5 Å². The highest BCUT2D eigenvalue weighted by Crippen LogP contribution is 2.33. The van der Waals surface area contributed by atoms with Crippen LogP contribution < -0.4 is 14.8 Å². The molecule has 1 aliphatic carbocycles. The van der Waals surface area contributed by atoms with Crippen molar-refractivity contribution in [1.29, 1.82) is 0 Å². The van der Waals surface area contributed by atoms with E-state index in [9.17, 15) is 0 Å². The van der Waals surface area contributed by atoms with Gasteiger partial charge in [-0.25, -0.2) is 0 Å². The smallest absolute Gasteiger partial charge is 0.231 e. The van der Waals surface area contributed by atoms with Crippen molar-refractivity contribution in [3.63, 3.8) is 0 Å². The van der Waals surface area contributed by atoms with E-state index in [1.807, 2.05) is 6.07 Å². The summed E-state index contributed by atoms with van der Waals surface area (Å²) in [5, 5.41) is 4.53. The number of thioether (sulfide) groups is 1. The number of rotatable bonds is 5. The molecule has 19 heavy (non-hydrogen) atoms. The molecule has 1 aromatic rings. The molecule has 1 fully saturated rings. The first-order valence-corrected chi connectivity index (χ1v) is 8.13. The molecule has 1 saturated carbocycles. The molecular weight excluding hydrogens is 258 g/mol. The molecule has 1 heterocycles. The van der Waals surface area contributed by atoms with Crippen molar-refractivity contribution >= 4 is 11.8 Å². The number of ether oxygens (including phenoxy) is 2. The first-order valence-electron chi connectivity index (χ1n) is 7.08. The predicted octanol–water partition coefficient (Wildman–Crippen LogP) is 3.18. The lowest BCUT2D eigenvalue weighted by molar-refractivity contribution is 0.174. The first kappa shape index (κ1) is 13.1. The monoisotopic (exact) mass is 279 g/mol. The predicted molar refractivity (Wildman–Crippen MR) is 79.0 cm³/mol. The largest absolute Gasteiger partial charge is 0.454 e. The van der Waals surface area contributed by atoms with Gasteiger partial charge in [0.05, 0.1) is 0 Å². The molecule has 2 unspecified atom stereocenters. The summed E-state index contributed by atoms with van der Waals surface area (Å²) in [6.07, 6.45) is 3.97. The summed E-state index contributed by atoms with van der Waals surface area (Å²) in [7, 11) is 0. The van der Waals surface area contributed by atoms with Gasteiger partial charge >= 0.3 is 0 Å². The second kappa shape index (κ2) is 6.06. The van der Waals surface area contributed by atoms with Crippen LogP contribution in [-0.2, 0) is 6.54 Å². The zero-order valence-electron chi connectivity index (χ0n) is 11.4. The van der Waals surface area contributed by atoms with Gasteiger partial charge in [0.1, 0.15) is 0 Å². The molecule has 0 saturated heterocycles. The van der Waals surface area contributed by atoms with Gasteiger partial charge in [-0.3, -0.25) is 0 Å². The van der Waals surface area contributed by atoms with Crippen molar-refractivity contribution < 1.29 is 9.47 Å². The molecule has 2 atom stereocenters. The summed E-state index contributed by atoms with van der Waals surface area (Å²) in [6, 6.07) is 6.88. The van der Waals surface area contributed by atoms with Crippen molar-refractivity contribution in [2.45, 2.75) is 44.0 Å². The lowest BCUT2D eigenvalue weighted by Gasteiger charge is -2.13. The third-order valence-corrected chi connectivity index (χ3v) is 5.05. The minimum atomic E-state index is 0.352. The van der Waals surface area contributed by atoms with Gasteiger partial charge in [-0.15, -0.1) is 0 Å². The third kappa shape index (κ3) is 3.18. The van der Waals surface area contributed by atoms with Crippen LogP contribution in [0.15, 0.2) is 18.2 Å². The van der Waals surface area contributed by atoms with Gasteiger partial charge in [0.15, 0.2) is 11.5 Å². The van der Waals surface area contributed by atoms with Gasteiger partial charge in [0, 0.05) is 17.8 Å². The fourth-order valence-electron chi connectivity index (χ4n) is 2.83. The molecule has 4 heteroatoms. The maximum Gasteiger partial charge on any atom is 0.231 e. The minimum absolute atomic E-state index is 0.352. The highest BCUT2D eigenvalue weighted by Gasteiger charge is 2.24. The van der Waals surface area contributed by atoms with Crippen LogP contribution in [0.3, 0.4) is 0 Å². The molecule has 2 aliphatic rings. The highest BCUT2D eigenvalue weighted by atomic mass is 32.2. The Kier molecular flexibility index (Phi) is 4.18. The average Bonchev–Trinajstić information content (AvgIpc) is 3.04. The second-order valence-corrected chi connectivity index (χ2v) is 6.73. The zero-order chi connectivity index (χ0) is 13.1. The van der Waals surface area contributed by atoms with Gasteiger partial charge in [-0.1, -0.05) is 13.0 Å². The highest BCUT2D eigenvalue weighted by molar-refractivity contribution is 7.99. The quantitative estimate of drug-likeness (QED) is 0.897. The van der Waals surface area contributed by atoms with Crippen LogP contribution in [0.2, 0.25) is 0 Å². The fraction of sp³-hybridized carbons (Fsp3) is 0.600. The summed E-state index contributed by atoms with van der Waals surface area (Å²) < 4.78 is 10.7. The first-order chi connectivity index (χ1) is 9.35. The van der Waals surface area contributed by atoms with E-state index < -0.39 is 0 Å². The molecule has 0 aromatic heterocycles. The molecule has 1 N–H and O–H groups in total. The molecule has 0 amide bonds. The van der Waals surface area contributed by atoms with E-state index in [1.165, 1.54) is 30.6 Å². The number of hydrogen-bond donors (Lipinski definition) is 1. The molecule has 1 aliphatic heterocycles. The Balaban J connectivity index is 1.50. The Hall–Kier alpha value is -0.870. The summed E-state index contributed by atoms with van der Waals surface area (Å²) in [5.41, 5.74) is 1.27. The standard InChI is InChI=1S/C15H21NO2S/c1-2-19-13-5-4-12(8-13)16-9-11-3-6-14-15(7-11)18-10-17-14/h3,6-7,12-13,16H,2,4-5,8-10H2,1H3. The lowest BCUT2D eigenvalue weighted by atomic mass is 10.2. The van der Waals surface area contributed by atoms with E-state index in [-0.39, 0.29) is 0 Å². The molecule has 1 aromatic carbocycles. The Morgan fingerprint density at radius 1 is 1.26 bits per heavy atom. The molecule has 0 radical (unpaired) electrons. The number of fused-ring (bicyclic) bond motifs is 1. The summed E-state index contributed by atoms with van der Waals surface area (Å²) >= 11 is 2.10. The van der Waals surface area contributed by atoms with Gasteiger partial charge < -0.3 is 14.8 Å². The molecule has 3 rings (SSSR count). The summed E-state index contributed by atoms with van der Waals surface area (Å²) in [4.78, 5) is 0. The SMILES string of the molecule is CCSC1CCC(NCc2ccc3c(c2)OCO3)C1. The van der Waals surface area contributed by atoms with E-state index in [0.29, 0.717) is 12.8 Å². The van der Waals surface area contributed by atoms with E-state index >= 15 is 0 Å². The van der Waals surface area contributed by atoms with Crippen molar-refractivity contribution in [2.24, 2.45) is 0 Å². The Labute approximate surface area is 119 Å². The van der Waals surface area contributed by atoms with Crippen molar-refractivity contribution in [3.05, 3.63) is 23.8 Å². The van der Waals surface area contributed by atoms with Crippen molar-refractivity contribution in [2.75, 3.05) is 12.5 Å². The van der Waals surface area contributed by atoms with Crippen LogP contribution in [-0.4, -0.2) is 23.8 Å². The number of hydrogen-bond acceptors (Lipinski definition) is 4. The van der Waals surface area contributed by atoms with E-state index in [2.05, 4.69) is 36.1 Å². The maximum absolute atomic E-state index is 5.41. The minimum Gasteiger partial charge on any atom is -0.454 e. The van der Waals surface area contributed by atoms with E-state index in [1.54, 1.807) is 0 Å². The number of nitrogens with one attached hydrogen (secondary N) is 1. The molecule has 0 bridgehead atoms. The van der Waals surface area contributed by atoms with Crippen LogP contribution in [0.5, 0.6) is 11.5 Å². The average molecular weight is 279 g/mol. The molecular formula is C15H21NO2S. The molecule has 104 valence electrons. The molecule has 0 spiro atoms. The normalized spacial score (nSPS) is 24.9. The fourth-order valence-corrected chi connectivity index (χ4v) is 3.97. The van der Waals surface area contributed by atoms with Crippen molar-refractivity contribution in [3.8, 4) is 11.5 Å². The summed E-state index contributed by atoms with van der Waals surface area (Å²) in [6.45, 7) is 3.52. The van der Waals surface area contributed by atoms with Gasteiger partial charge in [0.25, 0.3) is 0 Å². The third-order valence-electron chi connectivity index (χ3n) is 3.82. The van der Waals surface area contributed by atoms with Crippen LogP contribution in [0.25, 0.3) is 0 Å². The lowest BCUT2D eigenvalue weighted by Crippen LogP contribution is -2.26. The van der Waals surface area contributed by atoms with Gasteiger partial charge in [-0.05, 0) is 42.7 Å². The second-order valence-electron chi connectivity index (χ2n) is 5.16. The van der Waals surface area contributed by atoms with Crippen LogP contribution >= 0.6 is 11.8 Å². The van der Waals surface area contributed by atoms with Crippen LogP contribution in [0.4, 0.5) is 0 Å². The maximum atomic E-state index is 5.41. The van der Waals surface area contributed by atoms with E-state index in [0.717, 1.165) is 23.3 Å². The van der Waals surface area contributed by atoms with Crippen LogP contribution in [0, 0.1) is 0 Å². The molecule has 3 nitrogen and oxygen atoms in total. The Morgan fingerprint density at radius 3 is 3.05 bits per heavy atom. The van der Waals surface area contributed by atoms with Gasteiger partial charge in [0.2, 0.25) is 6.79 Å². The van der Waals surface area contributed by atoms with Gasteiger partial charge in [-0.2, -0.15) is 11.8 Å². The Bertz CT molecular complexity index is 438. The summed E-state index contributed by atoms with van der Waals surface area (Å²) in [5.74, 6) is 2.98. The van der Waals surface area contributed by atoms with E-state index in [4.69, 9.17) is 9.47 Å². The zero-order valence-corrected chi connectivity index (χ0v) is 12.2. The Morgan fingerprint density at radius 2 is 2.16 bits per heavy atom. The van der Waals surface area contributed by atoms with Crippen molar-refractivity contribution in [1.82, 2.24) is 5.32 Å². The number of benzene rings is 1. The van der Waals surface area contributed by atoms with Crippen LogP contribution in [0.1, 0.15) is 31.7 Å².